The molecule has 0 spiro atoms. The topological polar surface area (TPSA) is 275 Å². The number of benzene rings is 5. The first-order chi connectivity index (χ1) is 49.8. The van der Waals surface area contributed by atoms with Crippen LogP contribution in [0.3, 0.4) is 0 Å². The molecule has 29 heteroatoms. The molecule has 8 aromatic heterocycles. The first-order valence-corrected chi connectivity index (χ1v) is 39.2. The molecule has 0 bridgehead atoms. The number of halogens is 4. The molecule has 8 heterocycles. The fraction of sp³-hybridized carbons (Fsp3) is 0.0667. The van der Waals surface area contributed by atoms with Crippen LogP contribution in [0.25, 0.3) is 54.9 Å². The van der Waals surface area contributed by atoms with Gasteiger partial charge in [-0.25, -0.2) is 19.2 Å². The van der Waals surface area contributed by atoms with Crippen molar-refractivity contribution in [1.82, 2.24) is 0 Å². The number of carbonyl (C=O) groups excluding carboxylic acids is 4. The van der Waals surface area contributed by atoms with Gasteiger partial charge in [-0.15, -0.1) is 90.7 Å². The van der Waals surface area contributed by atoms with Gasteiger partial charge < -0.3 is 46.4 Å². The van der Waals surface area contributed by atoms with Gasteiger partial charge in [0.2, 0.25) is 0 Å². The Balaban J connectivity index is 0.000000149. The number of carboxylic acids is 4. The molecule has 0 saturated heterocycles. The standard InChI is InChI=1S/C22H14BrNO3S2.C18H14ClNO4S2.C18H15NO3S2.C17H11Cl2NO3S2/c23-15-8-6-13(7-9-15)16-12-28-21(19(16)22(26)27)24-20(25)18-11-10-17(29-18)14-4-2-1-3-5-14;1-9-15(24-2)13(8-25-9)16(21)20-17-14(18(22)23)12(7-26-17)10-3-5-11(19)6-4-10;1-10-3-5-12(6-4-10)13-9-24-17(14(13)18(21)22)19-16(20)15-11(2)7-8-23-15;1-8-6-11(14(19)25-8)15(21)20-16-13(17(22)23)12(7-24-16)9-2-4-10(18)5-3-9/h1-12H,(H,24,25)(H,26,27);3-8H,1-2H3,(H,20,21)(H,22,23);3-9H,1-2H3,(H,19,20)(H,21,22);2-7H,1H3,(H,20,21)(H,22,23). The molecule has 0 radical (unpaired) electrons. The van der Waals surface area contributed by atoms with E-state index in [4.69, 9.17) is 39.5 Å². The number of amides is 4. The highest BCUT2D eigenvalue weighted by Crippen LogP contribution is 2.42. The van der Waals surface area contributed by atoms with Crippen LogP contribution in [0.5, 0.6) is 5.75 Å². The number of hydrogen-bond acceptors (Lipinski definition) is 17. The highest BCUT2D eigenvalue weighted by Gasteiger charge is 2.28. The Hall–Kier alpha value is -9.39. The third-order valence-electron chi connectivity index (χ3n) is 15.1. The summed E-state index contributed by atoms with van der Waals surface area (Å²) in [6, 6.07) is 45.8. The minimum Gasteiger partial charge on any atom is -0.495 e. The molecule has 17 nitrogen and oxygen atoms in total. The molecule has 0 aliphatic rings. The minimum absolute atomic E-state index is 0.0451. The van der Waals surface area contributed by atoms with Crippen LogP contribution in [0.4, 0.5) is 20.0 Å². The zero-order chi connectivity index (χ0) is 74.6. The number of carboxylic acid groups (broad SMARTS) is 4. The van der Waals surface area contributed by atoms with Crippen LogP contribution < -0.4 is 26.0 Å². The third kappa shape index (κ3) is 18.6. The average molecular weight is 1660 g/mol. The van der Waals surface area contributed by atoms with Gasteiger partial charge in [0.05, 0.1) is 28.0 Å². The van der Waals surface area contributed by atoms with Crippen molar-refractivity contribution >= 4 is 209 Å². The van der Waals surface area contributed by atoms with E-state index in [0.717, 1.165) is 69.6 Å². The smallest absolute Gasteiger partial charge is 0.339 e. The van der Waals surface area contributed by atoms with Gasteiger partial charge in [0.25, 0.3) is 23.6 Å². The molecule has 528 valence electrons. The van der Waals surface area contributed by atoms with Crippen molar-refractivity contribution in [2.45, 2.75) is 27.7 Å². The summed E-state index contributed by atoms with van der Waals surface area (Å²) in [5.74, 6) is -5.28. The Labute approximate surface area is 650 Å². The molecule has 0 aliphatic heterocycles. The fourth-order valence-electron chi connectivity index (χ4n) is 10.1. The first-order valence-electron chi connectivity index (χ1n) is 30.4. The number of ether oxygens (including phenoxy) is 1. The SMILES string of the molecule is COc1c(C(=O)Nc2scc(-c3ccc(Cl)cc3)c2C(=O)O)csc1C.Cc1cc(C(=O)Nc2scc(-c3ccc(Cl)cc3)c2C(=O)O)c(Cl)s1.Cc1ccc(-c2csc(NC(=O)c3sccc3C)c2C(=O)O)cc1.O=C(Nc1scc(-c2ccc(Br)cc2)c1C(=O)O)c1ccc(-c2ccccc2)s1. The number of carbonyl (C=O) groups is 8. The number of nitrogens with one attached hydrogen (secondary N) is 4. The van der Waals surface area contributed by atoms with Crippen LogP contribution >= 0.6 is 141 Å². The minimum atomic E-state index is -1.12. The molecular weight excluding hydrogens is 1610 g/mol. The van der Waals surface area contributed by atoms with Crippen LogP contribution in [0.2, 0.25) is 14.4 Å². The molecule has 4 amide bonds. The number of aromatic carboxylic acids is 4. The number of hydrogen-bond donors (Lipinski definition) is 8. The van der Waals surface area contributed by atoms with Gasteiger partial charge >= 0.3 is 23.9 Å². The van der Waals surface area contributed by atoms with E-state index in [0.29, 0.717) is 84.4 Å². The molecule has 0 atom stereocenters. The predicted molar refractivity (Wildman–Crippen MR) is 430 cm³/mol. The zero-order valence-corrected chi connectivity index (χ0v) is 65.0. The molecule has 13 aromatic rings. The Kier molecular flexibility index (Phi) is 25.9. The zero-order valence-electron chi connectivity index (χ0n) is 54.6. The molecule has 8 N–H and O–H groups in total. The molecule has 0 unspecified atom stereocenters. The fourth-order valence-corrected chi connectivity index (χ4v) is 18.2. The second kappa shape index (κ2) is 34.9. The Morgan fingerprint density at radius 1 is 0.423 bits per heavy atom. The first kappa shape index (κ1) is 77.2. The highest BCUT2D eigenvalue weighted by atomic mass is 79.9. The van der Waals surface area contributed by atoms with Crippen molar-refractivity contribution in [1.29, 1.82) is 0 Å². The van der Waals surface area contributed by atoms with E-state index in [1.54, 1.807) is 87.6 Å². The van der Waals surface area contributed by atoms with E-state index in [1.807, 2.05) is 124 Å². The van der Waals surface area contributed by atoms with Gasteiger partial charge in [-0.2, -0.15) is 0 Å². The monoisotopic (exact) mass is 1660 g/mol. The summed E-state index contributed by atoms with van der Waals surface area (Å²) in [5, 5.41) is 62.3. The molecule has 0 aliphatic carbocycles. The maximum Gasteiger partial charge on any atom is 0.339 e. The van der Waals surface area contributed by atoms with Gasteiger partial charge in [0.1, 0.15) is 52.3 Å². The summed E-state index contributed by atoms with van der Waals surface area (Å²) in [4.78, 5) is 101. The van der Waals surface area contributed by atoms with Gasteiger partial charge in [0, 0.05) is 78.3 Å². The van der Waals surface area contributed by atoms with Crippen molar-refractivity contribution in [2.75, 3.05) is 28.4 Å². The van der Waals surface area contributed by atoms with E-state index in [1.165, 1.54) is 75.1 Å². The predicted octanol–water partition coefficient (Wildman–Crippen LogP) is 23.3. The van der Waals surface area contributed by atoms with Crippen LogP contribution in [0.15, 0.2) is 188 Å². The Morgan fingerprint density at radius 2 is 0.837 bits per heavy atom. The van der Waals surface area contributed by atoms with Gasteiger partial charge in [0.15, 0.2) is 0 Å². The lowest BCUT2D eigenvalue weighted by molar-refractivity contribution is 0.0688. The molecule has 13 rings (SSSR count). The summed E-state index contributed by atoms with van der Waals surface area (Å²) < 4.78 is 6.55. The average Bonchev–Trinajstić information content (AvgIpc) is 1.67. The Morgan fingerprint density at radius 3 is 1.24 bits per heavy atom. The molecule has 104 heavy (non-hydrogen) atoms. The van der Waals surface area contributed by atoms with Crippen LogP contribution in [0, 0.1) is 27.7 Å². The van der Waals surface area contributed by atoms with E-state index >= 15 is 0 Å². The summed E-state index contributed by atoms with van der Waals surface area (Å²) in [7, 11) is 1.50. The second-order valence-electron chi connectivity index (χ2n) is 22.1. The van der Waals surface area contributed by atoms with E-state index in [2.05, 4.69) is 37.2 Å². The highest BCUT2D eigenvalue weighted by molar-refractivity contribution is 9.10. The number of rotatable bonds is 18. The summed E-state index contributed by atoms with van der Waals surface area (Å²) >= 11 is 31.4. The van der Waals surface area contributed by atoms with Crippen molar-refractivity contribution < 1.29 is 63.5 Å². The van der Waals surface area contributed by atoms with Crippen molar-refractivity contribution in [3.05, 3.63) is 267 Å². The van der Waals surface area contributed by atoms with Gasteiger partial charge in [-0.1, -0.05) is 147 Å². The number of thiophene rings is 8. The maximum absolute atomic E-state index is 12.7. The van der Waals surface area contributed by atoms with Crippen molar-refractivity contribution in [2.24, 2.45) is 0 Å². The van der Waals surface area contributed by atoms with Crippen LogP contribution in [0.1, 0.15) is 102 Å². The Bertz CT molecular complexity index is 5340. The molecule has 0 saturated carbocycles. The van der Waals surface area contributed by atoms with Gasteiger partial charge in [-0.3, -0.25) is 19.2 Å². The molecule has 5 aromatic carbocycles. The largest absolute Gasteiger partial charge is 0.495 e. The molecule has 0 fully saturated rings. The second-order valence-corrected chi connectivity index (χ2v) is 32.3. The quantitative estimate of drug-likeness (QED) is 0.0397. The lowest BCUT2D eigenvalue weighted by Crippen LogP contribution is -2.13. The number of anilines is 4. The van der Waals surface area contributed by atoms with E-state index < -0.39 is 35.7 Å². The van der Waals surface area contributed by atoms with E-state index in [9.17, 15) is 58.8 Å². The lowest BCUT2D eigenvalue weighted by Gasteiger charge is -2.07. The molecular formula is C75H54BrCl3N4O13S8. The third-order valence-corrected chi connectivity index (χ3v) is 24.1. The van der Waals surface area contributed by atoms with Crippen molar-refractivity contribution in [3.8, 4) is 60.7 Å². The summed E-state index contributed by atoms with van der Waals surface area (Å²) in [6.07, 6.45) is 0. The maximum atomic E-state index is 12.7. The van der Waals surface area contributed by atoms with E-state index in [-0.39, 0.29) is 44.1 Å². The number of methoxy groups -OCH3 is 1. The lowest BCUT2D eigenvalue weighted by atomic mass is 10.0. The van der Waals surface area contributed by atoms with Crippen LogP contribution in [-0.2, 0) is 0 Å². The van der Waals surface area contributed by atoms with Gasteiger partial charge in [-0.05, 0) is 127 Å². The van der Waals surface area contributed by atoms with Crippen LogP contribution in [-0.4, -0.2) is 75.0 Å². The van der Waals surface area contributed by atoms with Crippen molar-refractivity contribution in [3.63, 3.8) is 0 Å². The summed E-state index contributed by atoms with van der Waals surface area (Å²) in [6.45, 7) is 7.53. The number of aryl methyl sites for hydroxylation is 4. The summed E-state index contributed by atoms with van der Waals surface area (Å²) in [5.41, 5.74) is 9.36. The normalized spacial score (nSPS) is 10.6.